The number of urea groups is 3. The van der Waals surface area contributed by atoms with Gasteiger partial charge in [-0.15, -0.1) is 0 Å². The molecule has 0 aromatic heterocycles. The first-order valence-corrected chi connectivity index (χ1v) is 36.4. The number of ether oxygens (including phenoxy) is 2. The number of rotatable bonds is 11. The van der Waals surface area contributed by atoms with E-state index in [0.717, 1.165) is 77.9 Å². The van der Waals surface area contributed by atoms with E-state index in [4.69, 9.17) is 4.74 Å². The third-order valence-corrected chi connectivity index (χ3v) is 16.5. The van der Waals surface area contributed by atoms with E-state index in [1.807, 2.05) is 112 Å². The Labute approximate surface area is 594 Å². The average molecular weight is 1380 g/mol. The van der Waals surface area contributed by atoms with Crippen molar-refractivity contribution in [2.24, 2.45) is 16.2 Å². The second-order valence-corrected chi connectivity index (χ2v) is 34.2. The summed E-state index contributed by atoms with van der Waals surface area (Å²) in [6.45, 7) is 71.1. The topological polar surface area (TPSA) is 210 Å². The smallest absolute Gasteiger partial charge is 0.410 e. The van der Waals surface area contributed by atoms with Gasteiger partial charge in [-0.05, 0) is 192 Å². The number of hydrogen-bond donors (Lipinski definition) is 3. The van der Waals surface area contributed by atoms with Crippen LogP contribution in [-0.2, 0) is 19.1 Å². The van der Waals surface area contributed by atoms with Gasteiger partial charge in [-0.1, -0.05) is 83.6 Å². The molecule has 0 aromatic rings. The van der Waals surface area contributed by atoms with Crippen molar-refractivity contribution in [2.75, 3.05) is 172 Å². The second kappa shape index (κ2) is 44.4. The molecule has 0 aromatic carbocycles. The summed E-state index contributed by atoms with van der Waals surface area (Å²) in [7, 11) is 5.66. The van der Waals surface area contributed by atoms with Gasteiger partial charge in [0.05, 0.1) is 7.11 Å². The lowest BCUT2D eigenvalue weighted by molar-refractivity contribution is -0.134. The van der Waals surface area contributed by atoms with Gasteiger partial charge >= 0.3 is 30.3 Å². The van der Waals surface area contributed by atoms with Gasteiger partial charge < -0.3 is 74.4 Å². The molecule has 0 bridgehead atoms. The average Bonchev–Trinajstić information content (AvgIpc) is 1.10. The first-order valence-electron chi connectivity index (χ1n) is 36.4. The van der Waals surface area contributed by atoms with Crippen LogP contribution in [0, 0.1) is 16.2 Å². The van der Waals surface area contributed by atoms with Crippen molar-refractivity contribution < 1.29 is 43.0 Å². The van der Waals surface area contributed by atoms with Crippen LogP contribution in [0.4, 0.5) is 24.0 Å². The van der Waals surface area contributed by atoms with Gasteiger partial charge in [0.25, 0.3) is 0 Å². The first-order chi connectivity index (χ1) is 43.9. The molecule has 5 fully saturated rings. The number of carbonyl (C=O) groups is 7. The maximum Gasteiger partial charge on any atom is 0.410 e. The van der Waals surface area contributed by atoms with E-state index >= 15 is 0 Å². The van der Waals surface area contributed by atoms with Crippen LogP contribution in [0.3, 0.4) is 0 Å². The Morgan fingerprint density at radius 1 is 0.423 bits per heavy atom. The minimum absolute atomic E-state index is 0. The summed E-state index contributed by atoms with van der Waals surface area (Å²) in [5, 5.41) is 8.87. The van der Waals surface area contributed by atoms with Gasteiger partial charge in [0.1, 0.15) is 5.60 Å². The molecular formula is C74H152N14O9. The van der Waals surface area contributed by atoms with Crippen molar-refractivity contribution in [3.05, 3.63) is 0 Å². The second-order valence-electron chi connectivity index (χ2n) is 34.2. The molecule has 5 aliphatic rings. The number of hydrogen-bond acceptors (Lipinski definition) is 13. The molecule has 5 saturated heterocycles. The number of likely N-dealkylation sites (tertiary alicyclic amines) is 1. The quantitative estimate of drug-likeness (QED) is 0.176. The Bertz CT molecular complexity index is 2180. The highest BCUT2D eigenvalue weighted by Crippen LogP contribution is 2.24. The van der Waals surface area contributed by atoms with E-state index in [1.54, 1.807) is 19.6 Å². The molecule has 0 spiro atoms. The van der Waals surface area contributed by atoms with Crippen molar-refractivity contribution in [3.8, 4) is 0 Å². The molecule has 23 nitrogen and oxygen atoms in total. The number of likely N-dealkylation sites (N-methyl/N-ethyl adjacent to an activating group) is 1. The zero-order valence-corrected chi connectivity index (χ0v) is 66.9. The monoisotopic (exact) mass is 1380 g/mol. The van der Waals surface area contributed by atoms with E-state index < -0.39 is 5.60 Å². The predicted octanol–water partition coefficient (Wildman–Crippen LogP) is 11.8. The number of carbonyl (C=O) groups excluding carboxylic acids is 7. The van der Waals surface area contributed by atoms with Crippen LogP contribution in [0.5, 0.6) is 0 Å². The van der Waals surface area contributed by atoms with Crippen LogP contribution in [0.25, 0.3) is 0 Å². The fourth-order valence-corrected chi connectivity index (χ4v) is 10.7. The molecular weight excluding hydrogens is 1230 g/mol. The van der Waals surface area contributed by atoms with Gasteiger partial charge in [-0.3, -0.25) is 14.5 Å². The number of nitrogens with one attached hydrogen (secondary N) is 3. The van der Waals surface area contributed by atoms with E-state index in [-0.39, 0.29) is 65.2 Å². The molecule has 23 heteroatoms. The molecule has 5 aliphatic heterocycles. The van der Waals surface area contributed by atoms with Crippen LogP contribution in [0.1, 0.15) is 225 Å². The maximum atomic E-state index is 12.1. The van der Waals surface area contributed by atoms with Gasteiger partial charge in [0, 0.05) is 153 Å². The maximum absolute atomic E-state index is 12.1. The van der Waals surface area contributed by atoms with Crippen LogP contribution in [-0.4, -0.2) is 296 Å². The van der Waals surface area contributed by atoms with Gasteiger partial charge in [-0.2, -0.15) is 0 Å². The number of piperidine rings is 1. The summed E-state index contributed by atoms with van der Waals surface area (Å²) < 4.78 is 9.96. The van der Waals surface area contributed by atoms with E-state index in [0.29, 0.717) is 82.4 Å². The molecule has 0 saturated carbocycles. The minimum Gasteiger partial charge on any atom is -0.453 e. The zero-order chi connectivity index (χ0) is 74.2. The standard InChI is InChI=1S/C15H30N4O.C14H27N3O3.C11H21N3O3.C11H22N2O.C11H23NO.C11H25N.CH4/c1-15(2,3)16-14(20)19-11-9-18(10-12-19)13-5-7-17(4)8-6-13;1-13(2,3)15-11(18)16-7-9-17(10-8-16)12(19)20-14(4,5)6;1-11(2,3)12-9(15)13-5-7-14(8-6-13)10(16)17-4;1-11(2,3)9-10(14)13-7-5-12(4)6-8-13;1-6-12(7-2)10(13)8-9-11(3,4)5;1-6-12(7-2)10-8-9-11(3,4)5;/h13H,5-12H2,1-4H3,(H,16,20);7-10H2,1-6H3,(H,15,18);5-8H2,1-4H3,(H,12,15);5-9H2,1-4H3;6-9H2,1-5H3;6-10H2,1-5H3;1H4. The summed E-state index contributed by atoms with van der Waals surface area (Å²) in [5.41, 5.74) is -0.244. The molecule has 3 N–H and O–H groups in total. The highest BCUT2D eigenvalue weighted by Gasteiger charge is 2.32. The van der Waals surface area contributed by atoms with Crippen LogP contribution < -0.4 is 16.0 Å². The summed E-state index contributed by atoms with van der Waals surface area (Å²) in [5.74, 6) is 0.602. The lowest BCUT2D eigenvalue weighted by Crippen LogP contribution is -2.57. The van der Waals surface area contributed by atoms with E-state index in [2.05, 4.69) is 131 Å². The molecule has 10 amide bonds. The summed E-state index contributed by atoms with van der Waals surface area (Å²) >= 11 is 0. The minimum atomic E-state index is -0.488. The lowest BCUT2D eigenvalue weighted by atomic mass is 9.90. The molecule has 5 rings (SSSR count). The molecule has 97 heavy (non-hydrogen) atoms. The normalized spacial score (nSPS) is 17.3. The third kappa shape index (κ3) is 46.2. The molecule has 572 valence electrons. The predicted molar refractivity (Wildman–Crippen MR) is 401 cm³/mol. The third-order valence-electron chi connectivity index (χ3n) is 16.5. The van der Waals surface area contributed by atoms with E-state index in [9.17, 15) is 33.6 Å². The molecule has 5 heterocycles. The Morgan fingerprint density at radius 2 is 0.763 bits per heavy atom. The Hall–Kier alpha value is -4.87. The Kier molecular flexibility index (Phi) is 43.1. The fraction of sp³-hybridized carbons (Fsp3) is 0.905. The van der Waals surface area contributed by atoms with Crippen molar-refractivity contribution in [2.45, 2.75) is 254 Å². The fourth-order valence-electron chi connectivity index (χ4n) is 10.7. The van der Waals surface area contributed by atoms with Crippen LogP contribution in [0.2, 0.25) is 0 Å². The number of amides is 10. The Morgan fingerprint density at radius 3 is 1.08 bits per heavy atom. The molecule has 0 unspecified atom stereocenters. The van der Waals surface area contributed by atoms with Gasteiger partial charge in [0.2, 0.25) is 11.8 Å². The highest BCUT2D eigenvalue weighted by molar-refractivity contribution is 5.78. The van der Waals surface area contributed by atoms with Gasteiger partial charge in [0.15, 0.2) is 0 Å². The molecule has 0 radical (unpaired) electrons. The van der Waals surface area contributed by atoms with Crippen molar-refractivity contribution in [1.29, 1.82) is 0 Å². The van der Waals surface area contributed by atoms with Gasteiger partial charge in [-0.25, -0.2) is 24.0 Å². The number of nitrogens with zero attached hydrogens (tertiary/aromatic N) is 11. The molecule has 0 atom stereocenters. The number of methoxy groups -OCH3 is 1. The van der Waals surface area contributed by atoms with E-state index in [1.165, 1.54) is 65.5 Å². The van der Waals surface area contributed by atoms with Crippen LogP contribution >= 0.6 is 0 Å². The van der Waals surface area contributed by atoms with Crippen molar-refractivity contribution >= 4 is 42.1 Å². The Balaban J connectivity index is 0. The molecule has 0 aliphatic carbocycles. The highest BCUT2D eigenvalue weighted by atomic mass is 16.6. The van der Waals surface area contributed by atoms with Crippen molar-refractivity contribution in [3.63, 3.8) is 0 Å². The largest absolute Gasteiger partial charge is 0.453 e. The SMILES string of the molecule is C.CC(C)(C)NC(=O)N1CCN(C(=O)OC(C)(C)C)CC1.CCN(CC)C(=O)CCC(C)(C)C.CCN(CC)CCCC(C)(C)C.CN1CCC(N2CCN(C(=O)NC(C)(C)C)CC2)CC1.CN1CCN(C(=O)CC(C)(C)C)CC1.COC(=O)N1CCN(C(=O)NC(C)(C)C)CC1. The van der Waals surface area contributed by atoms with Crippen LogP contribution in [0.15, 0.2) is 0 Å². The number of piperazine rings is 4. The summed E-state index contributed by atoms with van der Waals surface area (Å²) in [6.07, 6.45) is 6.89. The summed E-state index contributed by atoms with van der Waals surface area (Å²) in [4.78, 5) is 105. The lowest BCUT2D eigenvalue weighted by Gasteiger charge is -2.42. The zero-order valence-electron chi connectivity index (χ0n) is 66.9. The summed E-state index contributed by atoms with van der Waals surface area (Å²) in [6, 6.07) is 0.642. The van der Waals surface area contributed by atoms with Crippen molar-refractivity contribution in [1.82, 2.24) is 69.8 Å². The first kappa shape index (κ1) is 94.2.